The van der Waals surface area contributed by atoms with E-state index in [1.54, 1.807) is 19.1 Å². The third-order valence-corrected chi connectivity index (χ3v) is 5.42. The molecule has 6 nitrogen and oxygen atoms in total. The molecule has 0 radical (unpaired) electrons. The smallest absolute Gasteiger partial charge is 0.270 e. The molecule has 0 spiro atoms. The van der Waals surface area contributed by atoms with Gasteiger partial charge in [0, 0.05) is 23.6 Å². The number of hydrazone groups is 1. The Morgan fingerprint density at radius 2 is 2.22 bits per heavy atom. The van der Waals surface area contributed by atoms with Gasteiger partial charge in [-0.2, -0.15) is 5.10 Å². The van der Waals surface area contributed by atoms with E-state index in [4.69, 9.17) is 0 Å². The SMILES string of the molecule is C/C(=N\NC(=O)C1C2CCCCC21C)c1cccc([N+](=O)[O-])c1. The van der Waals surface area contributed by atoms with Gasteiger partial charge >= 0.3 is 0 Å². The van der Waals surface area contributed by atoms with E-state index in [9.17, 15) is 14.9 Å². The van der Waals surface area contributed by atoms with Crippen molar-refractivity contribution in [3.05, 3.63) is 39.9 Å². The minimum absolute atomic E-state index is 0.0177. The fraction of sp³-hybridized carbons (Fsp3) is 0.529. The summed E-state index contributed by atoms with van der Waals surface area (Å²) in [5.41, 5.74) is 4.02. The van der Waals surface area contributed by atoms with Crippen LogP contribution in [-0.2, 0) is 4.79 Å². The summed E-state index contributed by atoms with van der Waals surface area (Å²) in [6.45, 7) is 3.93. The number of carbonyl (C=O) groups is 1. The number of benzene rings is 1. The molecule has 6 heteroatoms. The van der Waals surface area contributed by atoms with E-state index in [1.165, 1.54) is 25.0 Å². The highest BCUT2D eigenvalue weighted by Crippen LogP contribution is 2.66. The van der Waals surface area contributed by atoms with Gasteiger partial charge in [0.05, 0.1) is 10.6 Å². The minimum Gasteiger partial charge on any atom is -0.273 e. The predicted octanol–water partition coefficient (Wildman–Crippen LogP) is 3.26. The molecular weight excluding hydrogens is 294 g/mol. The van der Waals surface area contributed by atoms with Crippen LogP contribution in [0.1, 0.15) is 45.1 Å². The molecule has 3 rings (SSSR count). The number of carbonyl (C=O) groups excluding carboxylic acids is 1. The third-order valence-electron chi connectivity index (χ3n) is 5.42. The fourth-order valence-electron chi connectivity index (χ4n) is 3.97. The maximum atomic E-state index is 12.4. The first kappa shape index (κ1) is 15.6. The highest BCUT2D eigenvalue weighted by molar-refractivity contribution is 6.00. The molecule has 3 atom stereocenters. The molecule has 2 aliphatic rings. The number of nitrogens with one attached hydrogen (secondary N) is 1. The number of fused-ring (bicyclic) bond motifs is 1. The van der Waals surface area contributed by atoms with Gasteiger partial charge in [-0.1, -0.05) is 31.9 Å². The Hall–Kier alpha value is -2.24. The molecule has 1 aromatic carbocycles. The van der Waals surface area contributed by atoms with Crippen molar-refractivity contribution in [2.24, 2.45) is 22.4 Å². The summed E-state index contributed by atoms with van der Waals surface area (Å²) in [7, 11) is 0. The molecule has 1 N–H and O–H groups in total. The largest absolute Gasteiger partial charge is 0.273 e. The average molecular weight is 315 g/mol. The van der Waals surface area contributed by atoms with Crippen LogP contribution in [0.25, 0.3) is 0 Å². The minimum atomic E-state index is -0.439. The van der Waals surface area contributed by atoms with Crippen molar-refractivity contribution < 1.29 is 9.72 Å². The van der Waals surface area contributed by atoms with E-state index in [0.29, 0.717) is 17.2 Å². The first-order chi connectivity index (χ1) is 10.9. The fourth-order valence-corrected chi connectivity index (χ4v) is 3.97. The summed E-state index contributed by atoms with van der Waals surface area (Å²) in [6, 6.07) is 6.26. The van der Waals surface area contributed by atoms with Crippen molar-refractivity contribution in [3.63, 3.8) is 0 Å². The highest BCUT2D eigenvalue weighted by Gasteiger charge is 2.64. The lowest BCUT2D eigenvalue weighted by atomic mass is 9.90. The summed E-state index contributed by atoms with van der Waals surface area (Å²) in [5.74, 6) is 0.528. The number of nitro groups is 1. The Morgan fingerprint density at radius 3 is 2.87 bits per heavy atom. The van der Waals surface area contributed by atoms with Crippen molar-refractivity contribution in [2.75, 3.05) is 0 Å². The number of nitro benzene ring substituents is 1. The van der Waals surface area contributed by atoms with Crippen LogP contribution in [0.5, 0.6) is 0 Å². The van der Waals surface area contributed by atoms with Crippen molar-refractivity contribution in [3.8, 4) is 0 Å². The molecular formula is C17H21N3O3. The number of rotatable bonds is 4. The van der Waals surface area contributed by atoms with Crippen LogP contribution in [0.2, 0.25) is 0 Å². The second-order valence-electron chi connectivity index (χ2n) is 6.82. The third kappa shape index (κ3) is 2.85. The number of amides is 1. The van der Waals surface area contributed by atoms with E-state index in [-0.39, 0.29) is 22.9 Å². The molecule has 0 aliphatic heterocycles. The van der Waals surface area contributed by atoms with E-state index in [1.807, 2.05) is 0 Å². The molecule has 2 saturated carbocycles. The van der Waals surface area contributed by atoms with E-state index in [2.05, 4.69) is 17.5 Å². The number of nitrogens with zero attached hydrogens (tertiary/aromatic N) is 2. The first-order valence-corrected chi connectivity index (χ1v) is 8.02. The zero-order chi connectivity index (χ0) is 16.6. The monoisotopic (exact) mass is 315 g/mol. The van der Waals surface area contributed by atoms with Crippen molar-refractivity contribution >= 4 is 17.3 Å². The summed E-state index contributed by atoms with van der Waals surface area (Å²) < 4.78 is 0. The topological polar surface area (TPSA) is 84.6 Å². The van der Waals surface area contributed by atoms with Crippen LogP contribution in [0.3, 0.4) is 0 Å². The highest BCUT2D eigenvalue weighted by atomic mass is 16.6. The van der Waals surface area contributed by atoms with Gasteiger partial charge < -0.3 is 0 Å². The van der Waals surface area contributed by atoms with E-state index >= 15 is 0 Å². The molecule has 0 saturated heterocycles. The predicted molar refractivity (Wildman–Crippen MR) is 87.0 cm³/mol. The Balaban J connectivity index is 1.67. The molecule has 0 heterocycles. The molecule has 23 heavy (non-hydrogen) atoms. The maximum Gasteiger partial charge on any atom is 0.270 e. The molecule has 0 aromatic heterocycles. The summed E-state index contributed by atoms with van der Waals surface area (Å²) >= 11 is 0. The lowest BCUT2D eigenvalue weighted by molar-refractivity contribution is -0.384. The zero-order valence-electron chi connectivity index (χ0n) is 13.4. The van der Waals surface area contributed by atoms with Crippen LogP contribution in [-0.4, -0.2) is 16.5 Å². The normalized spacial score (nSPS) is 29.6. The second kappa shape index (κ2) is 5.76. The number of non-ortho nitro benzene ring substituents is 1. The van der Waals surface area contributed by atoms with Gasteiger partial charge in [0.1, 0.15) is 0 Å². The van der Waals surface area contributed by atoms with Crippen LogP contribution in [0, 0.1) is 27.4 Å². The summed E-state index contributed by atoms with van der Waals surface area (Å²) in [6.07, 6.45) is 4.65. The van der Waals surface area contributed by atoms with Gasteiger partial charge in [-0.05, 0) is 31.1 Å². The lowest BCUT2D eigenvalue weighted by Crippen LogP contribution is -2.23. The molecule has 122 valence electrons. The van der Waals surface area contributed by atoms with Crippen LogP contribution < -0.4 is 5.43 Å². The summed E-state index contributed by atoms with van der Waals surface area (Å²) in [5, 5.41) is 15.0. The Bertz CT molecular complexity index is 685. The van der Waals surface area contributed by atoms with Gasteiger partial charge in [-0.25, -0.2) is 5.43 Å². The Kier molecular flexibility index (Phi) is 3.92. The molecule has 1 aromatic rings. The van der Waals surface area contributed by atoms with Gasteiger partial charge in [-0.3, -0.25) is 14.9 Å². The van der Waals surface area contributed by atoms with Gasteiger partial charge in [0.2, 0.25) is 5.91 Å². The molecule has 2 aliphatic carbocycles. The van der Waals surface area contributed by atoms with Crippen LogP contribution >= 0.6 is 0 Å². The van der Waals surface area contributed by atoms with Gasteiger partial charge in [-0.15, -0.1) is 0 Å². The van der Waals surface area contributed by atoms with Crippen molar-refractivity contribution in [2.45, 2.75) is 39.5 Å². The standard InChI is InChI=1S/C17H21N3O3/c1-11(12-6-5-7-13(10-12)20(22)23)18-19-16(21)15-14-8-3-4-9-17(14,15)2/h5-7,10,14-15H,3-4,8-9H2,1-2H3,(H,19,21)/b18-11+. The molecule has 1 amide bonds. The maximum absolute atomic E-state index is 12.4. The quantitative estimate of drug-likeness (QED) is 0.526. The van der Waals surface area contributed by atoms with Crippen molar-refractivity contribution in [1.29, 1.82) is 0 Å². The van der Waals surface area contributed by atoms with Crippen LogP contribution in [0.4, 0.5) is 5.69 Å². The van der Waals surface area contributed by atoms with Crippen LogP contribution in [0.15, 0.2) is 29.4 Å². The average Bonchev–Trinajstić information content (AvgIpc) is 3.18. The first-order valence-electron chi connectivity index (χ1n) is 8.02. The lowest BCUT2D eigenvalue weighted by Gasteiger charge is -2.15. The zero-order valence-corrected chi connectivity index (χ0v) is 13.4. The number of hydrogen-bond donors (Lipinski definition) is 1. The molecule has 2 fully saturated rings. The Labute approximate surface area is 135 Å². The van der Waals surface area contributed by atoms with E-state index < -0.39 is 4.92 Å². The number of hydrogen-bond acceptors (Lipinski definition) is 4. The van der Waals surface area contributed by atoms with Crippen molar-refractivity contribution in [1.82, 2.24) is 5.43 Å². The molecule has 3 unspecified atom stereocenters. The van der Waals surface area contributed by atoms with E-state index in [0.717, 1.165) is 12.8 Å². The molecule has 0 bridgehead atoms. The Morgan fingerprint density at radius 1 is 1.43 bits per heavy atom. The summed E-state index contributed by atoms with van der Waals surface area (Å²) in [4.78, 5) is 22.7. The second-order valence-corrected chi connectivity index (χ2v) is 6.82. The van der Waals surface area contributed by atoms with Gasteiger partial charge in [0.15, 0.2) is 0 Å². The van der Waals surface area contributed by atoms with Gasteiger partial charge in [0.25, 0.3) is 5.69 Å².